The van der Waals surface area contributed by atoms with Gasteiger partial charge in [-0.15, -0.1) is 0 Å². The first-order chi connectivity index (χ1) is 16.3. The van der Waals surface area contributed by atoms with Gasteiger partial charge in [0.05, 0.1) is 28.1 Å². The molecule has 2 heterocycles. The lowest BCUT2D eigenvalue weighted by molar-refractivity contribution is -0.244. The standard InChI is InChI=1S/C25H22Br2O7/c26-15-10-17-22(31)18(13-32-24(17)19(27)11-15)25-33-12-14(6-2-1-3-9-21(29)30)23(34-25)16-7-4-5-8-20(16)28/h1-2,4-5,7-8,10-11,13-14,23,25,28H,3,6,9,12H2,(H,29,30)/b2-1-. The largest absolute Gasteiger partial charge is 0.508 e. The van der Waals surface area contributed by atoms with E-state index in [2.05, 4.69) is 31.9 Å². The van der Waals surface area contributed by atoms with Gasteiger partial charge in [-0.3, -0.25) is 9.59 Å². The Hall–Kier alpha value is -2.46. The Morgan fingerprint density at radius 1 is 1.15 bits per heavy atom. The Bertz CT molecular complexity index is 1280. The molecule has 0 saturated carbocycles. The molecule has 1 aliphatic rings. The highest BCUT2D eigenvalue weighted by atomic mass is 79.9. The van der Waals surface area contributed by atoms with E-state index in [1.807, 2.05) is 18.2 Å². The van der Waals surface area contributed by atoms with Crippen molar-refractivity contribution in [3.63, 3.8) is 0 Å². The van der Waals surface area contributed by atoms with E-state index in [1.165, 1.54) is 6.26 Å². The topological polar surface area (TPSA) is 106 Å². The summed E-state index contributed by atoms with van der Waals surface area (Å²) < 4.78 is 19.3. The van der Waals surface area contributed by atoms with Gasteiger partial charge in [-0.2, -0.15) is 0 Å². The number of halogens is 2. The summed E-state index contributed by atoms with van der Waals surface area (Å²) in [6, 6.07) is 10.4. The molecule has 1 saturated heterocycles. The minimum Gasteiger partial charge on any atom is -0.508 e. The van der Waals surface area contributed by atoms with E-state index in [0.29, 0.717) is 33.8 Å². The van der Waals surface area contributed by atoms with E-state index in [1.54, 1.807) is 30.3 Å². The predicted octanol–water partition coefficient (Wildman–Crippen LogP) is 6.24. The number of aliphatic carboxylic acids is 1. The van der Waals surface area contributed by atoms with Crippen molar-refractivity contribution in [1.82, 2.24) is 0 Å². The number of rotatable bonds is 7. The first-order valence-electron chi connectivity index (χ1n) is 10.7. The summed E-state index contributed by atoms with van der Waals surface area (Å²) in [5.41, 5.74) is 0.981. The number of phenols is 1. The number of hydrogen-bond donors (Lipinski definition) is 2. The molecule has 1 aliphatic heterocycles. The van der Waals surface area contributed by atoms with Crippen molar-refractivity contribution in [2.75, 3.05) is 6.61 Å². The van der Waals surface area contributed by atoms with E-state index in [-0.39, 0.29) is 35.7 Å². The molecule has 2 aromatic carbocycles. The maximum Gasteiger partial charge on any atom is 0.303 e. The monoisotopic (exact) mass is 592 g/mol. The van der Waals surface area contributed by atoms with E-state index < -0.39 is 18.4 Å². The Morgan fingerprint density at radius 3 is 2.71 bits per heavy atom. The average Bonchev–Trinajstić information content (AvgIpc) is 2.80. The number of carbonyl (C=O) groups is 1. The molecule has 2 N–H and O–H groups in total. The van der Waals surface area contributed by atoms with Gasteiger partial charge in [0.15, 0.2) is 11.9 Å². The van der Waals surface area contributed by atoms with Crippen LogP contribution in [-0.4, -0.2) is 22.8 Å². The second-order valence-electron chi connectivity index (χ2n) is 7.96. The third kappa shape index (κ3) is 5.43. The number of allylic oxidation sites excluding steroid dienone is 2. The zero-order valence-electron chi connectivity index (χ0n) is 17.9. The first-order valence-corrected chi connectivity index (χ1v) is 12.3. The van der Waals surface area contributed by atoms with Crippen LogP contribution in [-0.2, 0) is 14.3 Å². The van der Waals surface area contributed by atoms with Gasteiger partial charge in [0.2, 0.25) is 5.43 Å². The van der Waals surface area contributed by atoms with Gasteiger partial charge in [0, 0.05) is 22.4 Å². The molecule has 1 aromatic heterocycles. The third-order valence-corrected chi connectivity index (χ3v) is 6.65. The molecule has 0 radical (unpaired) electrons. The summed E-state index contributed by atoms with van der Waals surface area (Å²) in [4.78, 5) is 24.0. The van der Waals surface area contributed by atoms with Crippen LogP contribution in [0.1, 0.15) is 42.8 Å². The maximum absolute atomic E-state index is 13.3. The van der Waals surface area contributed by atoms with Crippen molar-refractivity contribution in [2.45, 2.75) is 31.7 Å². The zero-order chi connectivity index (χ0) is 24.2. The fourth-order valence-corrected chi connectivity index (χ4v) is 5.25. The number of fused-ring (bicyclic) bond motifs is 1. The summed E-state index contributed by atoms with van der Waals surface area (Å²) in [7, 11) is 0. The highest BCUT2D eigenvalue weighted by Crippen LogP contribution is 2.42. The molecule has 0 amide bonds. The smallest absolute Gasteiger partial charge is 0.303 e. The SMILES string of the molecule is O=C(O)CC/C=C\CC1COC(c2coc3c(Br)cc(Br)cc3c2=O)OC1c1ccccc1O. The molecular weight excluding hydrogens is 572 g/mol. The van der Waals surface area contributed by atoms with Gasteiger partial charge in [-0.1, -0.05) is 46.3 Å². The molecule has 178 valence electrons. The lowest BCUT2D eigenvalue weighted by Crippen LogP contribution is -2.32. The van der Waals surface area contributed by atoms with Crippen molar-refractivity contribution >= 4 is 48.8 Å². The number of benzene rings is 2. The molecule has 7 nitrogen and oxygen atoms in total. The summed E-state index contributed by atoms with van der Waals surface area (Å²) in [5.74, 6) is -0.912. The van der Waals surface area contributed by atoms with Crippen LogP contribution in [0.2, 0.25) is 0 Å². The molecule has 4 rings (SSSR count). The number of carboxylic acids is 1. The lowest BCUT2D eigenvalue weighted by Gasteiger charge is -2.36. The van der Waals surface area contributed by atoms with E-state index >= 15 is 0 Å². The summed E-state index contributed by atoms with van der Waals surface area (Å²) in [5, 5.41) is 19.7. The molecule has 3 atom stereocenters. The van der Waals surface area contributed by atoms with Crippen molar-refractivity contribution in [1.29, 1.82) is 0 Å². The Morgan fingerprint density at radius 2 is 1.94 bits per heavy atom. The van der Waals surface area contributed by atoms with E-state index in [9.17, 15) is 14.7 Å². The maximum atomic E-state index is 13.3. The van der Waals surface area contributed by atoms with E-state index in [4.69, 9.17) is 19.0 Å². The number of hydrogen-bond acceptors (Lipinski definition) is 6. The van der Waals surface area contributed by atoms with Crippen molar-refractivity contribution in [2.24, 2.45) is 5.92 Å². The van der Waals surface area contributed by atoms with Crippen molar-refractivity contribution in [3.8, 4) is 5.75 Å². The quantitative estimate of drug-likeness (QED) is 0.312. The second kappa shape index (κ2) is 10.9. The Kier molecular flexibility index (Phi) is 7.88. The number of carboxylic acid groups (broad SMARTS) is 1. The van der Waals surface area contributed by atoms with Gasteiger partial charge in [-0.05, 0) is 47.0 Å². The minimum atomic E-state index is -0.977. The van der Waals surface area contributed by atoms with Crippen LogP contribution in [0.4, 0.5) is 0 Å². The molecular formula is C25H22Br2O7. The Labute approximate surface area is 212 Å². The van der Waals surface area contributed by atoms with Crippen LogP contribution in [0.15, 0.2) is 73.0 Å². The summed E-state index contributed by atoms with van der Waals surface area (Å²) >= 11 is 6.81. The number of ether oxygens (including phenoxy) is 2. The highest BCUT2D eigenvalue weighted by molar-refractivity contribution is 9.11. The molecule has 3 aromatic rings. The number of para-hydroxylation sites is 1. The fraction of sp³-hybridized carbons (Fsp3) is 0.280. The van der Waals surface area contributed by atoms with Gasteiger partial charge >= 0.3 is 5.97 Å². The number of aromatic hydroxyl groups is 1. The minimum absolute atomic E-state index is 0.0586. The second-order valence-corrected chi connectivity index (χ2v) is 9.73. The van der Waals surface area contributed by atoms with Crippen LogP contribution in [0.25, 0.3) is 11.0 Å². The average molecular weight is 594 g/mol. The van der Waals surface area contributed by atoms with Gasteiger partial charge in [0.25, 0.3) is 0 Å². The van der Waals surface area contributed by atoms with Crippen molar-refractivity contribution in [3.05, 3.63) is 85.1 Å². The molecule has 34 heavy (non-hydrogen) atoms. The van der Waals surface area contributed by atoms with Gasteiger partial charge in [0.1, 0.15) is 12.0 Å². The molecule has 1 fully saturated rings. The Balaban J connectivity index is 1.63. The predicted molar refractivity (Wildman–Crippen MR) is 133 cm³/mol. The van der Waals surface area contributed by atoms with Crippen LogP contribution >= 0.6 is 31.9 Å². The summed E-state index contributed by atoms with van der Waals surface area (Å²) in [6.07, 6.45) is 4.58. The van der Waals surface area contributed by atoms with Gasteiger partial charge < -0.3 is 24.1 Å². The molecule has 0 bridgehead atoms. The highest BCUT2D eigenvalue weighted by Gasteiger charge is 2.36. The molecule has 9 heteroatoms. The van der Waals surface area contributed by atoms with Crippen LogP contribution in [0.3, 0.4) is 0 Å². The van der Waals surface area contributed by atoms with Crippen LogP contribution in [0, 0.1) is 5.92 Å². The van der Waals surface area contributed by atoms with Gasteiger partial charge in [-0.25, -0.2) is 0 Å². The van der Waals surface area contributed by atoms with Crippen molar-refractivity contribution < 1.29 is 28.9 Å². The molecule has 0 spiro atoms. The van der Waals surface area contributed by atoms with Crippen LogP contribution in [0.5, 0.6) is 5.75 Å². The normalized spacial score (nSPS) is 20.7. The molecule has 0 aliphatic carbocycles. The number of phenolic OH excluding ortho intramolecular Hbond substituents is 1. The van der Waals surface area contributed by atoms with E-state index in [0.717, 1.165) is 4.47 Å². The molecule has 3 unspecified atom stereocenters. The summed E-state index contributed by atoms with van der Waals surface area (Å²) in [6.45, 7) is 0.270. The fourth-order valence-electron chi connectivity index (χ4n) is 3.93. The third-order valence-electron chi connectivity index (χ3n) is 5.61. The van der Waals surface area contributed by atoms with Crippen LogP contribution < -0.4 is 5.43 Å². The zero-order valence-corrected chi connectivity index (χ0v) is 21.1. The lowest BCUT2D eigenvalue weighted by atomic mass is 9.91. The first kappa shape index (κ1) is 24.7.